The van der Waals surface area contributed by atoms with Gasteiger partial charge in [0.05, 0.1) is 22.3 Å². The number of piperazine rings is 1. The molecule has 1 unspecified atom stereocenters. The van der Waals surface area contributed by atoms with Gasteiger partial charge in [0, 0.05) is 26.2 Å². The Morgan fingerprint density at radius 3 is 2.19 bits per heavy atom. The molecular formula is C22H31ClN4O3S. The summed E-state index contributed by atoms with van der Waals surface area (Å²) >= 11 is 6.37. The molecule has 0 saturated carbocycles. The van der Waals surface area contributed by atoms with Crippen LogP contribution in [0.25, 0.3) is 0 Å². The van der Waals surface area contributed by atoms with Crippen molar-refractivity contribution in [2.24, 2.45) is 0 Å². The molecule has 0 radical (unpaired) electrons. The van der Waals surface area contributed by atoms with E-state index in [1.807, 2.05) is 37.8 Å². The van der Waals surface area contributed by atoms with E-state index in [4.69, 9.17) is 11.6 Å². The first kappa shape index (κ1) is 23.8. The van der Waals surface area contributed by atoms with Crippen LogP contribution in [0.2, 0.25) is 5.02 Å². The Hall–Kier alpha value is -1.90. The van der Waals surface area contributed by atoms with Gasteiger partial charge in [-0.25, -0.2) is 13.1 Å². The van der Waals surface area contributed by atoms with Crippen molar-refractivity contribution in [2.45, 2.75) is 57.4 Å². The molecule has 0 N–H and O–H groups in total. The smallest absolute Gasteiger partial charge is 0.288 e. The van der Waals surface area contributed by atoms with Crippen molar-refractivity contribution in [1.82, 2.24) is 14.1 Å². The van der Waals surface area contributed by atoms with Crippen LogP contribution >= 0.6 is 11.6 Å². The van der Waals surface area contributed by atoms with Crippen LogP contribution in [0.1, 0.15) is 52.5 Å². The Balaban J connectivity index is 1.75. The Morgan fingerprint density at radius 2 is 1.68 bits per heavy atom. The van der Waals surface area contributed by atoms with Gasteiger partial charge < -0.3 is 4.90 Å². The van der Waals surface area contributed by atoms with Crippen LogP contribution < -0.4 is 10.5 Å². The van der Waals surface area contributed by atoms with Gasteiger partial charge in [-0.3, -0.25) is 4.79 Å². The first-order chi connectivity index (χ1) is 14.5. The maximum Gasteiger partial charge on any atom is 0.288 e. The van der Waals surface area contributed by atoms with Gasteiger partial charge in [-0.15, -0.1) is 0 Å². The summed E-state index contributed by atoms with van der Waals surface area (Å²) in [5, 5.41) is 4.39. The van der Waals surface area contributed by atoms with Crippen LogP contribution in [-0.2, 0) is 15.6 Å². The number of sulfonamides is 1. The maximum absolute atomic E-state index is 13.1. The van der Waals surface area contributed by atoms with E-state index in [0.717, 1.165) is 12.0 Å². The van der Waals surface area contributed by atoms with Crippen LogP contribution in [-0.4, -0.2) is 48.7 Å². The zero-order chi connectivity index (χ0) is 23.0. The molecule has 1 aromatic carbocycles. The molecule has 0 spiro atoms. The summed E-state index contributed by atoms with van der Waals surface area (Å²) in [5.41, 5.74) is 0.861. The van der Waals surface area contributed by atoms with Crippen molar-refractivity contribution in [1.29, 1.82) is 0 Å². The highest BCUT2D eigenvalue weighted by molar-refractivity contribution is 7.89. The van der Waals surface area contributed by atoms with Gasteiger partial charge in [0.25, 0.3) is 5.56 Å². The molecule has 7 nitrogen and oxygen atoms in total. The average Bonchev–Trinajstić information content (AvgIpc) is 2.74. The van der Waals surface area contributed by atoms with Crippen LogP contribution in [0.15, 0.2) is 40.2 Å². The fourth-order valence-corrected chi connectivity index (χ4v) is 5.32. The number of benzene rings is 1. The van der Waals surface area contributed by atoms with E-state index in [-0.39, 0.29) is 10.6 Å². The molecule has 1 aliphatic heterocycles. The van der Waals surface area contributed by atoms with Gasteiger partial charge >= 0.3 is 0 Å². The summed E-state index contributed by atoms with van der Waals surface area (Å²) in [7, 11) is -3.57. The zero-order valence-corrected chi connectivity index (χ0v) is 20.4. The molecular weight excluding hydrogens is 436 g/mol. The predicted octanol–water partition coefficient (Wildman–Crippen LogP) is 3.68. The third kappa shape index (κ3) is 4.81. The second-order valence-corrected chi connectivity index (χ2v) is 11.3. The van der Waals surface area contributed by atoms with Gasteiger partial charge in [0.1, 0.15) is 5.02 Å². The molecule has 0 amide bonds. The Labute approximate surface area is 189 Å². The topological polar surface area (TPSA) is 75.5 Å². The molecule has 3 rings (SSSR count). The van der Waals surface area contributed by atoms with Gasteiger partial charge in [-0.05, 0) is 50.8 Å². The van der Waals surface area contributed by atoms with E-state index in [1.165, 1.54) is 8.99 Å². The van der Waals surface area contributed by atoms with E-state index in [2.05, 4.69) is 18.9 Å². The maximum atomic E-state index is 13.1. The second-order valence-electron chi connectivity index (χ2n) is 9.00. The molecule has 1 aliphatic rings. The Kier molecular flexibility index (Phi) is 6.84. The zero-order valence-electron chi connectivity index (χ0n) is 18.8. The fourth-order valence-electron chi connectivity index (χ4n) is 3.64. The van der Waals surface area contributed by atoms with E-state index >= 15 is 0 Å². The van der Waals surface area contributed by atoms with Crippen molar-refractivity contribution in [3.8, 4) is 0 Å². The van der Waals surface area contributed by atoms with Crippen molar-refractivity contribution < 1.29 is 8.42 Å². The number of halogens is 1. The average molecular weight is 467 g/mol. The SMILES string of the molecule is CCC(C)c1ccc(S(=O)(=O)N2CCN(c3cnn(C(C)(C)C)c(=O)c3Cl)CC2)cc1. The summed E-state index contributed by atoms with van der Waals surface area (Å²) < 4.78 is 29.0. The van der Waals surface area contributed by atoms with Crippen molar-refractivity contribution in [2.75, 3.05) is 31.1 Å². The van der Waals surface area contributed by atoms with E-state index in [9.17, 15) is 13.2 Å². The normalized spacial score (nSPS) is 17.0. The van der Waals surface area contributed by atoms with E-state index in [1.54, 1.807) is 18.3 Å². The lowest BCUT2D eigenvalue weighted by molar-refractivity contribution is 0.337. The van der Waals surface area contributed by atoms with Crippen LogP contribution in [0.5, 0.6) is 0 Å². The summed E-state index contributed by atoms with van der Waals surface area (Å²) in [5.74, 6) is 0.396. The fraction of sp³-hybridized carbons (Fsp3) is 0.545. The molecule has 1 atom stereocenters. The molecule has 1 aromatic heterocycles. The summed E-state index contributed by atoms with van der Waals surface area (Å²) in [6, 6.07) is 7.17. The quantitative estimate of drug-likeness (QED) is 0.671. The van der Waals surface area contributed by atoms with Gasteiger partial charge in [-0.1, -0.05) is 37.6 Å². The molecule has 1 saturated heterocycles. The minimum Gasteiger partial charge on any atom is -0.366 e. The second kappa shape index (κ2) is 8.92. The predicted molar refractivity (Wildman–Crippen MR) is 125 cm³/mol. The van der Waals surface area contributed by atoms with Crippen molar-refractivity contribution >= 4 is 27.3 Å². The molecule has 2 aromatic rings. The highest BCUT2D eigenvalue weighted by Gasteiger charge is 2.30. The number of aromatic nitrogens is 2. The summed E-state index contributed by atoms with van der Waals surface area (Å²) in [6.07, 6.45) is 2.60. The van der Waals surface area contributed by atoms with Crippen molar-refractivity contribution in [3.05, 3.63) is 51.4 Å². The first-order valence-corrected chi connectivity index (χ1v) is 12.4. The minimum absolute atomic E-state index is 0.113. The standard InChI is InChI=1S/C22H31ClN4O3S/c1-6-16(2)17-7-9-18(10-8-17)31(29,30)26-13-11-25(12-14-26)19-15-24-27(22(3,4)5)21(28)20(19)23/h7-10,15-16H,6,11-14H2,1-5H3. The van der Waals surface area contributed by atoms with Gasteiger partial charge in [0.15, 0.2) is 0 Å². The van der Waals surface area contributed by atoms with Gasteiger partial charge in [0.2, 0.25) is 10.0 Å². The third-order valence-corrected chi connectivity index (χ3v) is 8.08. The lowest BCUT2D eigenvalue weighted by Crippen LogP contribution is -2.49. The molecule has 1 fully saturated rings. The van der Waals surface area contributed by atoms with Gasteiger partial charge in [-0.2, -0.15) is 9.40 Å². The monoisotopic (exact) mass is 466 g/mol. The number of anilines is 1. The Bertz CT molecular complexity index is 1080. The Morgan fingerprint density at radius 1 is 1.10 bits per heavy atom. The highest BCUT2D eigenvalue weighted by atomic mass is 35.5. The number of nitrogens with zero attached hydrogens (tertiary/aromatic N) is 4. The summed E-state index contributed by atoms with van der Waals surface area (Å²) in [4.78, 5) is 14.8. The molecule has 0 aliphatic carbocycles. The van der Waals surface area contributed by atoms with Crippen molar-refractivity contribution in [3.63, 3.8) is 0 Å². The van der Waals surface area contributed by atoms with Crippen LogP contribution in [0.3, 0.4) is 0 Å². The number of hydrogen-bond acceptors (Lipinski definition) is 5. The van der Waals surface area contributed by atoms with Crippen LogP contribution in [0, 0.1) is 0 Å². The number of rotatable bonds is 5. The largest absolute Gasteiger partial charge is 0.366 e. The summed E-state index contributed by atoms with van der Waals surface area (Å²) in [6.45, 7) is 11.4. The minimum atomic E-state index is -3.57. The first-order valence-electron chi connectivity index (χ1n) is 10.6. The molecule has 9 heteroatoms. The lowest BCUT2D eigenvalue weighted by atomic mass is 9.99. The number of hydrogen-bond donors (Lipinski definition) is 0. The molecule has 31 heavy (non-hydrogen) atoms. The molecule has 0 bridgehead atoms. The lowest BCUT2D eigenvalue weighted by Gasteiger charge is -2.35. The third-order valence-electron chi connectivity index (χ3n) is 5.81. The van der Waals surface area contributed by atoms with Crippen LogP contribution in [0.4, 0.5) is 5.69 Å². The van der Waals surface area contributed by atoms with E-state index in [0.29, 0.717) is 42.7 Å². The molecule has 170 valence electrons. The highest BCUT2D eigenvalue weighted by Crippen LogP contribution is 2.26. The molecule has 2 heterocycles. The van der Waals surface area contributed by atoms with E-state index < -0.39 is 15.6 Å².